The van der Waals surface area contributed by atoms with Gasteiger partial charge in [0.05, 0.1) is 28.8 Å². The minimum atomic E-state index is -0.639. The minimum absolute atomic E-state index is 0.00157. The molecule has 2 heterocycles. The molecule has 2 aliphatic carbocycles. The van der Waals surface area contributed by atoms with Gasteiger partial charge in [-0.2, -0.15) is 0 Å². The molecular weight excluding hydrogens is 300 g/mol. The Morgan fingerprint density at radius 2 is 2.00 bits per heavy atom. The van der Waals surface area contributed by atoms with Gasteiger partial charge in [0.2, 0.25) is 0 Å². The fraction of sp³-hybridized carbons (Fsp3) is 0.500. The lowest BCUT2D eigenvalue weighted by Gasteiger charge is -2.37. The lowest BCUT2D eigenvalue weighted by Crippen LogP contribution is -2.36. The number of hydrogen-bond acceptors (Lipinski definition) is 4. The summed E-state index contributed by atoms with van der Waals surface area (Å²) in [7, 11) is 0. The Hall–Kier alpha value is -2.12. The lowest BCUT2D eigenvalue weighted by molar-refractivity contribution is -0.114. The molecule has 4 nitrogen and oxygen atoms in total. The van der Waals surface area contributed by atoms with Gasteiger partial charge in [-0.05, 0) is 49.7 Å². The number of allylic oxidation sites excluding steroid dienone is 1. The number of rotatable bonds is 2. The van der Waals surface area contributed by atoms with Gasteiger partial charge < -0.3 is 10.0 Å². The summed E-state index contributed by atoms with van der Waals surface area (Å²) in [6.45, 7) is 3.55. The van der Waals surface area contributed by atoms with Crippen LogP contribution in [0, 0.1) is 17.8 Å². The highest BCUT2D eigenvalue weighted by molar-refractivity contribution is 6.09. The monoisotopic (exact) mass is 322 g/mol. The van der Waals surface area contributed by atoms with Gasteiger partial charge in [0.25, 0.3) is 0 Å². The van der Waals surface area contributed by atoms with Gasteiger partial charge in [-0.3, -0.25) is 4.79 Å². The third-order valence-corrected chi connectivity index (χ3v) is 5.76. The number of terminal acetylenes is 1. The molecule has 1 aromatic heterocycles. The molecule has 0 radical (unpaired) electrons. The van der Waals surface area contributed by atoms with Gasteiger partial charge in [0.1, 0.15) is 0 Å². The van der Waals surface area contributed by atoms with Gasteiger partial charge in [-0.15, -0.1) is 6.42 Å². The molecule has 124 valence electrons. The summed E-state index contributed by atoms with van der Waals surface area (Å²) >= 11 is 0. The maximum Gasteiger partial charge on any atom is 0.177 e. The third kappa shape index (κ3) is 2.44. The van der Waals surface area contributed by atoms with E-state index in [1.54, 1.807) is 13.0 Å². The average Bonchev–Trinajstić information content (AvgIpc) is 3.33. The van der Waals surface area contributed by atoms with Crippen LogP contribution in [0.2, 0.25) is 0 Å². The summed E-state index contributed by atoms with van der Waals surface area (Å²) in [6.07, 6.45) is 10.3. The summed E-state index contributed by atoms with van der Waals surface area (Å²) in [4.78, 5) is 19.4. The number of carbonyl (C=O) groups is 1. The van der Waals surface area contributed by atoms with Crippen LogP contribution in [0.1, 0.15) is 55.7 Å². The fourth-order valence-corrected chi connectivity index (χ4v) is 3.93. The Morgan fingerprint density at radius 3 is 2.58 bits per heavy atom. The number of nitrogens with zero attached hydrogens (tertiary/aromatic N) is 2. The highest BCUT2D eigenvalue weighted by atomic mass is 16.3. The standard InChI is InChI=1S/C20H22N2O2/c1-3-15-17(24)12-14-4-5-16(13(2)23)21-18(14)19(15)22-10-8-20(6-7-20)9-11-22/h1,4-5,13,23H,6-12H2,2H3/t13-/m1/s1. The second kappa shape index (κ2) is 5.46. The average molecular weight is 322 g/mol. The van der Waals surface area contributed by atoms with E-state index in [4.69, 9.17) is 6.42 Å². The number of Topliss-reactive ketones (excluding diaryl/α,β-unsaturated/α-hetero) is 1. The van der Waals surface area contributed by atoms with Crippen molar-refractivity contribution in [3.63, 3.8) is 0 Å². The quantitative estimate of drug-likeness (QED) is 0.850. The molecule has 4 heteroatoms. The van der Waals surface area contributed by atoms with E-state index in [-0.39, 0.29) is 5.78 Å². The van der Waals surface area contributed by atoms with Crippen molar-refractivity contribution in [2.75, 3.05) is 13.1 Å². The van der Waals surface area contributed by atoms with Crippen molar-refractivity contribution in [2.45, 2.75) is 45.1 Å². The molecule has 4 rings (SSSR count). The zero-order valence-electron chi connectivity index (χ0n) is 14.0. The molecule has 2 fully saturated rings. The van der Waals surface area contributed by atoms with E-state index < -0.39 is 6.10 Å². The number of carbonyl (C=O) groups excluding carboxylic acids is 1. The van der Waals surface area contributed by atoms with Crippen LogP contribution in [0.5, 0.6) is 0 Å². The van der Waals surface area contributed by atoms with Crippen molar-refractivity contribution >= 4 is 11.5 Å². The number of ketones is 1. The van der Waals surface area contributed by atoms with Crippen LogP contribution in [-0.2, 0) is 11.2 Å². The SMILES string of the molecule is C#CC1=C(N2CCC3(CC2)CC3)c2nc([C@@H](C)O)ccc2CC1=O. The molecule has 24 heavy (non-hydrogen) atoms. The molecule has 0 amide bonds. The van der Waals surface area contributed by atoms with E-state index in [1.807, 2.05) is 6.07 Å². The van der Waals surface area contributed by atoms with E-state index >= 15 is 0 Å². The first kappa shape index (κ1) is 15.4. The molecule has 1 N–H and O–H groups in total. The van der Waals surface area contributed by atoms with Crippen LogP contribution >= 0.6 is 0 Å². The van der Waals surface area contributed by atoms with E-state index in [1.165, 1.54) is 12.8 Å². The van der Waals surface area contributed by atoms with E-state index in [9.17, 15) is 9.90 Å². The number of pyridine rings is 1. The van der Waals surface area contributed by atoms with Gasteiger partial charge in [-0.25, -0.2) is 4.98 Å². The topological polar surface area (TPSA) is 53.4 Å². The fourth-order valence-electron chi connectivity index (χ4n) is 3.93. The highest BCUT2D eigenvalue weighted by Gasteiger charge is 2.45. The second-order valence-electron chi connectivity index (χ2n) is 7.37. The molecule has 1 aliphatic heterocycles. The molecular formula is C20H22N2O2. The predicted octanol–water partition coefficient (Wildman–Crippen LogP) is 2.48. The highest BCUT2D eigenvalue weighted by Crippen LogP contribution is 2.54. The number of aliphatic hydroxyl groups excluding tert-OH is 1. The van der Waals surface area contributed by atoms with Crippen LogP contribution < -0.4 is 0 Å². The van der Waals surface area contributed by atoms with Crippen molar-refractivity contribution < 1.29 is 9.90 Å². The maximum atomic E-state index is 12.5. The van der Waals surface area contributed by atoms with Crippen molar-refractivity contribution in [1.82, 2.24) is 9.88 Å². The Bertz CT molecular complexity index is 771. The first-order valence-electron chi connectivity index (χ1n) is 8.70. The van der Waals surface area contributed by atoms with Crippen molar-refractivity contribution in [2.24, 2.45) is 5.41 Å². The molecule has 3 aliphatic rings. The van der Waals surface area contributed by atoms with Gasteiger partial charge >= 0.3 is 0 Å². The molecule has 1 saturated carbocycles. The summed E-state index contributed by atoms with van der Waals surface area (Å²) < 4.78 is 0. The van der Waals surface area contributed by atoms with E-state index in [2.05, 4.69) is 15.8 Å². The number of piperidine rings is 1. The Kier molecular flexibility index (Phi) is 3.51. The number of fused-ring (bicyclic) bond motifs is 1. The molecule has 1 spiro atoms. The van der Waals surface area contributed by atoms with Crippen LogP contribution in [-0.4, -0.2) is 33.9 Å². The Labute approximate surface area is 142 Å². The number of hydrogen-bond donors (Lipinski definition) is 1. The molecule has 0 bridgehead atoms. The second-order valence-corrected chi connectivity index (χ2v) is 7.37. The molecule has 0 unspecified atom stereocenters. The van der Waals surface area contributed by atoms with Crippen LogP contribution in [0.25, 0.3) is 5.70 Å². The Morgan fingerprint density at radius 1 is 1.29 bits per heavy atom. The van der Waals surface area contributed by atoms with Crippen molar-refractivity contribution in [1.29, 1.82) is 0 Å². The molecule has 1 aromatic rings. The maximum absolute atomic E-state index is 12.5. The van der Waals surface area contributed by atoms with Gasteiger partial charge in [0, 0.05) is 19.5 Å². The normalized spacial score (nSPS) is 23.0. The van der Waals surface area contributed by atoms with Crippen molar-refractivity contribution in [3.05, 3.63) is 34.7 Å². The molecule has 0 aromatic carbocycles. The first-order chi connectivity index (χ1) is 11.5. The summed E-state index contributed by atoms with van der Waals surface area (Å²) in [6, 6.07) is 3.70. The van der Waals surface area contributed by atoms with Crippen LogP contribution in [0.3, 0.4) is 0 Å². The largest absolute Gasteiger partial charge is 0.387 e. The van der Waals surface area contributed by atoms with Gasteiger partial charge in [-0.1, -0.05) is 12.0 Å². The zero-order valence-corrected chi connectivity index (χ0v) is 14.0. The number of aromatic nitrogens is 1. The number of likely N-dealkylation sites (tertiary alicyclic amines) is 1. The van der Waals surface area contributed by atoms with Crippen LogP contribution in [0.4, 0.5) is 0 Å². The molecule has 1 saturated heterocycles. The summed E-state index contributed by atoms with van der Waals surface area (Å²) in [5.74, 6) is 2.61. The zero-order chi connectivity index (χ0) is 16.9. The predicted molar refractivity (Wildman–Crippen MR) is 91.8 cm³/mol. The lowest BCUT2D eigenvalue weighted by atomic mass is 9.88. The number of aliphatic hydroxyl groups is 1. The Balaban J connectivity index is 1.78. The minimum Gasteiger partial charge on any atom is -0.387 e. The third-order valence-electron chi connectivity index (χ3n) is 5.76. The van der Waals surface area contributed by atoms with E-state index in [0.717, 1.165) is 42.9 Å². The summed E-state index contributed by atoms with van der Waals surface area (Å²) in [5, 5.41) is 9.87. The smallest absolute Gasteiger partial charge is 0.177 e. The van der Waals surface area contributed by atoms with E-state index in [0.29, 0.717) is 23.1 Å². The first-order valence-corrected chi connectivity index (χ1v) is 8.70. The van der Waals surface area contributed by atoms with Crippen LogP contribution in [0.15, 0.2) is 17.7 Å². The summed E-state index contributed by atoms with van der Waals surface area (Å²) in [5.41, 5.74) is 4.13. The van der Waals surface area contributed by atoms with Crippen molar-refractivity contribution in [3.8, 4) is 12.3 Å². The molecule has 1 atom stereocenters. The van der Waals surface area contributed by atoms with Gasteiger partial charge in [0.15, 0.2) is 5.78 Å².